The van der Waals surface area contributed by atoms with E-state index in [1.54, 1.807) is 0 Å². The average molecular weight is 438 g/mol. The molecule has 168 valence electrons. The van der Waals surface area contributed by atoms with E-state index in [0.717, 1.165) is 11.1 Å². The third kappa shape index (κ3) is 5.85. The lowest BCUT2D eigenvalue weighted by atomic mass is 10.2. The Bertz CT molecular complexity index is 1000. The van der Waals surface area contributed by atoms with Gasteiger partial charge in [-0.3, -0.25) is 9.78 Å². The molecular weight excluding hydrogens is 410 g/mol. The number of benzene rings is 2. The zero-order valence-corrected chi connectivity index (χ0v) is 17.7. The van der Waals surface area contributed by atoms with Crippen LogP contribution in [-0.2, 0) is 27.4 Å². The first-order chi connectivity index (χ1) is 15.7. The molecule has 3 aromatic rings. The van der Waals surface area contributed by atoms with Crippen LogP contribution in [0.1, 0.15) is 11.1 Å². The van der Waals surface area contributed by atoms with Crippen LogP contribution in [0.4, 0.5) is 17.5 Å². The van der Waals surface area contributed by atoms with Crippen molar-refractivity contribution in [1.82, 2.24) is 9.97 Å². The van der Waals surface area contributed by atoms with E-state index in [1.165, 1.54) is 0 Å². The lowest BCUT2D eigenvalue weighted by Crippen LogP contribution is -2.33. The topological polar surface area (TPSA) is 115 Å². The first-order valence-electron chi connectivity index (χ1n) is 10.4. The summed E-state index contributed by atoms with van der Waals surface area (Å²) in [5.74, 6) is 0.539. The normalized spacial score (nSPS) is 12.7. The van der Waals surface area contributed by atoms with E-state index in [2.05, 4.69) is 15.3 Å². The molecule has 2 heterocycles. The molecule has 9 nitrogen and oxygen atoms in total. The highest BCUT2D eigenvalue weighted by Gasteiger charge is 2.25. The zero-order valence-electron chi connectivity index (χ0n) is 17.7. The number of rotatable bonds is 11. The lowest BCUT2D eigenvalue weighted by molar-refractivity contribution is -0.0659. The number of hydrogen-bond donors (Lipinski definition) is 3. The number of aromatic nitrogens is 2. The molecule has 0 radical (unpaired) electrons. The Balaban J connectivity index is 1.33. The molecule has 0 saturated heterocycles. The third-order valence-electron chi connectivity index (χ3n) is 4.96. The molecule has 0 atom stereocenters. The Hall–Kier alpha value is -3.40. The Morgan fingerprint density at radius 3 is 2.16 bits per heavy atom. The molecule has 0 aliphatic carbocycles. The highest BCUT2D eigenvalue weighted by Crippen LogP contribution is 2.25. The van der Waals surface area contributed by atoms with Crippen LogP contribution >= 0.6 is 0 Å². The molecular formula is C23H27N5O4. The van der Waals surface area contributed by atoms with E-state index < -0.39 is 0 Å². The van der Waals surface area contributed by atoms with Gasteiger partial charge in [-0.25, -0.2) is 0 Å². The summed E-state index contributed by atoms with van der Waals surface area (Å²) in [6.07, 6.45) is -0.300. The smallest absolute Gasteiger partial charge is 0.277 e. The van der Waals surface area contributed by atoms with Crippen molar-refractivity contribution in [3.05, 3.63) is 82.1 Å². The van der Waals surface area contributed by atoms with Crippen molar-refractivity contribution in [1.29, 1.82) is 0 Å². The largest absolute Gasteiger partial charge is 0.374 e. The fourth-order valence-corrected chi connectivity index (χ4v) is 3.33. The standard InChI is InChI=1S/C23H27N5O4/c24-23-26-21-20(22(29)27-23)25-15-28(21)16-32-19(13-30-11-17-7-3-1-4-8-17)14-31-12-18-9-5-2-6-10-18/h1-10,19,25H,11-16H2,(H3,24,26,27,29). The quantitative estimate of drug-likeness (QED) is 0.419. The molecule has 32 heavy (non-hydrogen) atoms. The predicted molar refractivity (Wildman–Crippen MR) is 122 cm³/mol. The summed E-state index contributed by atoms with van der Waals surface area (Å²) >= 11 is 0. The number of hydrogen-bond acceptors (Lipinski definition) is 8. The summed E-state index contributed by atoms with van der Waals surface area (Å²) in [5.41, 5.74) is 7.96. The zero-order chi connectivity index (χ0) is 22.2. The minimum absolute atomic E-state index is 0.0661. The van der Waals surface area contributed by atoms with E-state index in [4.69, 9.17) is 19.9 Å². The van der Waals surface area contributed by atoms with E-state index in [0.29, 0.717) is 44.6 Å². The number of nitrogen functional groups attached to an aromatic ring is 1. The third-order valence-corrected chi connectivity index (χ3v) is 4.96. The Morgan fingerprint density at radius 2 is 1.56 bits per heavy atom. The molecule has 4 rings (SSSR count). The molecule has 0 spiro atoms. The van der Waals surface area contributed by atoms with Crippen molar-refractivity contribution in [3.8, 4) is 0 Å². The number of fused-ring (bicyclic) bond motifs is 1. The number of aromatic amines is 1. The number of nitrogens with one attached hydrogen (secondary N) is 2. The van der Waals surface area contributed by atoms with Crippen LogP contribution in [0, 0.1) is 0 Å². The number of nitrogens with zero attached hydrogens (tertiary/aromatic N) is 2. The summed E-state index contributed by atoms with van der Waals surface area (Å²) in [6, 6.07) is 19.9. The Labute approximate surface area is 186 Å². The fraction of sp³-hybridized carbons (Fsp3) is 0.304. The summed E-state index contributed by atoms with van der Waals surface area (Å²) in [6.45, 7) is 2.31. The van der Waals surface area contributed by atoms with Gasteiger partial charge in [0.05, 0.1) is 33.1 Å². The minimum Gasteiger partial charge on any atom is -0.374 e. The highest BCUT2D eigenvalue weighted by molar-refractivity contribution is 5.70. The number of anilines is 3. The van der Waals surface area contributed by atoms with E-state index in [9.17, 15) is 4.79 Å². The maximum atomic E-state index is 12.0. The molecule has 4 N–H and O–H groups in total. The first-order valence-corrected chi connectivity index (χ1v) is 10.4. The van der Waals surface area contributed by atoms with Gasteiger partial charge in [0, 0.05) is 0 Å². The van der Waals surface area contributed by atoms with Crippen molar-refractivity contribution < 1.29 is 14.2 Å². The molecule has 2 aromatic carbocycles. The maximum Gasteiger partial charge on any atom is 0.277 e. The van der Waals surface area contributed by atoms with Gasteiger partial charge >= 0.3 is 0 Å². The van der Waals surface area contributed by atoms with Crippen molar-refractivity contribution in [2.24, 2.45) is 0 Å². The minimum atomic E-state index is -0.302. The number of H-pyrrole nitrogens is 1. The Morgan fingerprint density at radius 1 is 0.969 bits per heavy atom. The van der Waals surface area contributed by atoms with Crippen molar-refractivity contribution in [2.45, 2.75) is 19.3 Å². The monoisotopic (exact) mass is 437 g/mol. The summed E-state index contributed by atoms with van der Waals surface area (Å²) in [5, 5.41) is 3.02. The SMILES string of the molecule is Nc1nc2c(c(=O)[nH]1)NCN2COC(COCc1ccccc1)COCc1ccccc1. The number of ether oxygens (including phenoxy) is 3. The van der Waals surface area contributed by atoms with Crippen molar-refractivity contribution in [3.63, 3.8) is 0 Å². The maximum absolute atomic E-state index is 12.0. The van der Waals surface area contributed by atoms with Gasteiger partial charge in [0.15, 0.2) is 5.82 Å². The van der Waals surface area contributed by atoms with Gasteiger partial charge in [-0.15, -0.1) is 0 Å². The van der Waals surface area contributed by atoms with Gasteiger partial charge in [0.2, 0.25) is 5.95 Å². The summed E-state index contributed by atoms with van der Waals surface area (Å²) in [4.78, 5) is 20.5. The second-order valence-electron chi connectivity index (χ2n) is 7.44. The second-order valence-corrected chi connectivity index (χ2v) is 7.44. The van der Waals surface area contributed by atoms with E-state index in [-0.39, 0.29) is 24.3 Å². The fourth-order valence-electron chi connectivity index (χ4n) is 3.33. The Kier molecular flexibility index (Phi) is 7.34. The molecule has 1 aliphatic heterocycles. The molecule has 0 fully saturated rings. The summed E-state index contributed by atoms with van der Waals surface area (Å²) in [7, 11) is 0. The predicted octanol–water partition coefficient (Wildman–Crippen LogP) is 2.32. The second kappa shape index (κ2) is 10.8. The molecule has 0 saturated carbocycles. The van der Waals surface area contributed by atoms with Crippen LogP contribution < -0.4 is 21.5 Å². The average Bonchev–Trinajstić information content (AvgIpc) is 3.21. The molecule has 0 unspecified atom stereocenters. The first kappa shape index (κ1) is 21.8. The van der Waals surface area contributed by atoms with Crippen molar-refractivity contribution >= 4 is 17.5 Å². The van der Waals surface area contributed by atoms with Crippen LogP contribution in [0.25, 0.3) is 0 Å². The van der Waals surface area contributed by atoms with Crippen LogP contribution in [0.15, 0.2) is 65.5 Å². The highest BCUT2D eigenvalue weighted by atomic mass is 16.6. The van der Waals surface area contributed by atoms with Gasteiger partial charge in [0.25, 0.3) is 5.56 Å². The van der Waals surface area contributed by atoms with E-state index in [1.807, 2.05) is 65.6 Å². The molecule has 1 aromatic heterocycles. The van der Waals surface area contributed by atoms with Crippen LogP contribution in [-0.4, -0.2) is 42.7 Å². The van der Waals surface area contributed by atoms with Crippen molar-refractivity contribution in [2.75, 3.05) is 42.6 Å². The number of nitrogens with two attached hydrogens (primary N) is 1. The molecule has 0 amide bonds. The van der Waals surface area contributed by atoms with Gasteiger partial charge in [0.1, 0.15) is 18.5 Å². The van der Waals surface area contributed by atoms with Crippen LogP contribution in [0.2, 0.25) is 0 Å². The summed E-state index contributed by atoms with van der Waals surface area (Å²) < 4.78 is 17.8. The molecule has 9 heteroatoms. The lowest BCUT2D eigenvalue weighted by Gasteiger charge is -2.23. The van der Waals surface area contributed by atoms with Crippen LogP contribution in [0.5, 0.6) is 0 Å². The van der Waals surface area contributed by atoms with Gasteiger partial charge in [-0.05, 0) is 11.1 Å². The van der Waals surface area contributed by atoms with Gasteiger partial charge < -0.3 is 30.2 Å². The van der Waals surface area contributed by atoms with E-state index >= 15 is 0 Å². The van der Waals surface area contributed by atoms with Crippen LogP contribution in [0.3, 0.4) is 0 Å². The molecule has 0 bridgehead atoms. The van der Waals surface area contributed by atoms with Gasteiger partial charge in [-0.2, -0.15) is 4.98 Å². The van der Waals surface area contributed by atoms with Gasteiger partial charge in [-0.1, -0.05) is 60.7 Å². The molecule has 1 aliphatic rings.